The van der Waals surface area contributed by atoms with Crippen LogP contribution >= 0.6 is 11.6 Å². The van der Waals surface area contributed by atoms with Crippen molar-refractivity contribution in [3.8, 4) is 0 Å². The molecule has 27 heavy (non-hydrogen) atoms. The summed E-state index contributed by atoms with van der Waals surface area (Å²) in [6.45, 7) is 8.05. The number of hydrogen-bond acceptors (Lipinski definition) is 4. The number of allylic oxidation sites excluding steroid dienone is 1. The van der Waals surface area contributed by atoms with Crippen molar-refractivity contribution in [1.82, 2.24) is 15.3 Å². The Labute approximate surface area is 163 Å². The maximum absolute atomic E-state index is 12.8. The first kappa shape index (κ1) is 19.2. The lowest BCUT2D eigenvalue weighted by Gasteiger charge is -2.13. The Bertz CT molecular complexity index is 925. The highest BCUT2D eigenvalue weighted by atomic mass is 35.5. The number of nitrogens with zero attached hydrogens (tertiary/aromatic N) is 2. The van der Waals surface area contributed by atoms with Crippen molar-refractivity contribution in [2.24, 2.45) is 10.9 Å². The number of aromatic nitrogens is 2. The lowest BCUT2D eigenvalue weighted by molar-refractivity contribution is -0.117. The van der Waals surface area contributed by atoms with Gasteiger partial charge in [0.2, 0.25) is 5.88 Å². The molecule has 0 atom stereocenters. The van der Waals surface area contributed by atoms with Gasteiger partial charge in [-0.3, -0.25) is 4.79 Å². The Morgan fingerprint density at radius 1 is 1.52 bits per heavy atom. The minimum absolute atomic E-state index is 0.169. The maximum Gasteiger partial charge on any atom is 0.258 e. The zero-order chi connectivity index (χ0) is 19.4. The number of nitrogens with one attached hydrogen (secondary N) is 2. The lowest BCUT2D eigenvalue weighted by atomic mass is 10.2. The fraction of sp³-hybridized carbons (Fsp3) is 0.350. The van der Waals surface area contributed by atoms with Crippen LogP contribution in [0.4, 0.5) is 0 Å². The third kappa shape index (κ3) is 4.77. The molecular weight excluding hydrogens is 364 g/mol. The molecule has 0 spiro atoms. The van der Waals surface area contributed by atoms with E-state index in [0.29, 0.717) is 19.1 Å². The summed E-state index contributed by atoms with van der Waals surface area (Å²) >= 11 is 6.25. The SMILES string of the molecule is C=N/C(OCC1CC1)=C(C(=O)NCc1ccc2nc(C)[nH]c2c1)\C(Cl)=C/C. The molecule has 1 fully saturated rings. The van der Waals surface area contributed by atoms with Gasteiger partial charge in [0.1, 0.15) is 11.4 Å². The van der Waals surface area contributed by atoms with Gasteiger partial charge in [0.05, 0.1) is 22.7 Å². The van der Waals surface area contributed by atoms with Crippen molar-refractivity contribution in [1.29, 1.82) is 0 Å². The zero-order valence-electron chi connectivity index (χ0n) is 15.5. The van der Waals surface area contributed by atoms with Crippen molar-refractivity contribution in [2.45, 2.75) is 33.2 Å². The minimum atomic E-state index is -0.350. The minimum Gasteiger partial charge on any atom is -0.477 e. The van der Waals surface area contributed by atoms with E-state index in [1.807, 2.05) is 25.1 Å². The molecule has 1 aromatic carbocycles. The van der Waals surface area contributed by atoms with Crippen LogP contribution in [0.5, 0.6) is 0 Å². The first-order valence-corrected chi connectivity index (χ1v) is 9.29. The maximum atomic E-state index is 12.8. The third-order valence-electron chi connectivity index (χ3n) is 4.35. The number of rotatable bonds is 8. The van der Waals surface area contributed by atoms with E-state index in [1.54, 1.807) is 13.0 Å². The van der Waals surface area contributed by atoms with E-state index in [-0.39, 0.29) is 22.4 Å². The average Bonchev–Trinajstić information content (AvgIpc) is 3.41. The van der Waals surface area contributed by atoms with Crippen LogP contribution in [0.2, 0.25) is 0 Å². The third-order valence-corrected chi connectivity index (χ3v) is 4.75. The molecule has 0 unspecified atom stereocenters. The number of fused-ring (bicyclic) bond motifs is 1. The van der Waals surface area contributed by atoms with E-state index >= 15 is 0 Å². The van der Waals surface area contributed by atoms with Crippen LogP contribution in [0, 0.1) is 12.8 Å². The van der Waals surface area contributed by atoms with Crippen LogP contribution in [0.1, 0.15) is 31.2 Å². The van der Waals surface area contributed by atoms with Gasteiger partial charge in [0, 0.05) is 6.54 Å². The van der Waals surface area contributed by atoms with Crippen LogP contribution < -0.4 is 5.32 Å². The highest BCUT2D eigenvalue weighted by Gasteiger charge is 2.25. The van der Waals surface area contributed by atoms with Crippen molar-refractivity contribution >= 4 is 35.3 Å². The molecule has 6 nitrogen and oxygen atoms in total. The summed E-state index contributed by atoms with van der Waals surface area (Å²) in [4.78, 5) is 24.2. The molecule has 3 rings (SSSR count). The van der Waals surface area contributed by atoms with Crippen molar-refractivity contribution in [3.63, 3.8) is 0 Å². The predicted molar refractivity (Wildman–Crippen MR) is 108 cm³/mol. The highest BCUT2D eigenvalue weighted by Crippen LogP contribution is 2.31. The van der Waals surface area contributed by atoms with Gasteiger partial charge in [-0.2, -0.15) is 0 Å². The first-order valence-electron chi connectivity index (χ1n) is 8.91. The van der Waals surface area contributed by atoms with Gasteiger partial charge in [-0.1, -0.05) is 23.7 Å². The van der Waals surface area contributed by atoms with Crippen molar-refractivity contribution in [2.75, 3.05) is 6.61 Å². The van der Waals surface area contributed by atoms with Crippen molar-refractivity contribution < 1.29 is 9.53 Å². The molecule has 2 aromatic rings. The number of carbonyl (C=O) groups is 1. The normalized spacial score (nSPS) is 15.4. The predicted octanol–water partition coefficient (Wildman–Crippen LogP) is 3.97. The quantitative estimate of drug-likeness (QED) is 0.312. The fourth-order valence-electron chi connectivity index (χ4n) is 2.70. The number of ether oxygens (including phenoxy) is 1. The Morgan fingerprint density at radius 3 is 2.96 bits per heavy atom. The number of halogens is 1. The molecule has 142 valence electrons. The van der Waals surface area contributed by atoms with E-state index in [1.165, 1.54) is 0 Å². The van der Waals surface area contributed by atoms with E-state index in [0.717, 1.165) is 35.3 Å². The molecule has 1 heterocycles. The Morgan fingerprint density at radius 2 is 2.30 bits per heavy atom. The van der Waals surface area contributed by atoms with Gasteiger partial charge in [0.15, 0.2) is 0 Å². The summed E-state index contributed by atoms with van der Waals surface area (Å²) in [6.07, 6.45) is 3.92. The Hall–Kier alpha value is -2.60. The Kier molecular flexibility index (Phi) is 5.96. The summed E-state index contributed by atoms with van der Waals surface area (Å²) in [5.41, 5.74) is 2.98. The molecule has 0 aliphatic heterocycles. The first-order chi connectivity index (χ1) is 13.0. The molecule has 1 aliphatic rings. The van der Waals surface area contributed by atoms with Gasteiger partial charge in [-0.25, -0.2) is 9.98 Å². The molecule has 0 saturated heterocycles. The van der Waals surface area contributed by atoms with Crippen LogP contribution in [-0.2, 0) is 16.1 Å². The standard InChI is InChI=1S/C20H23ClN4O2/c1-4-15(21)18(20(22-3)27-11-13-5-6-13)19(26)23-10-14-7-8-16-17(9-14)25-12(2)24-16/h4,7-9,13H,3,5-6,10-11H2,1-2H3,(H,23,26)(H,24,25)/b15-4+,20-18-. The zero-order valence-corrected chi connectivity index (χ0v) is 16.3. The molecule has 1 aliphatic carbocycles. The fourth-order valence-corrected chi connectivity index (χ4v) is 2.86. The Balaban J connectivity index is 1.75. The van der Waals surface area contributed by atoms with Gasteiger partial charge < -0.3 is 15.0 Å². The smallest absolute Gasteiger partial charge is 0.258 e. The number of hydrogen-bond donors (Lipinski definition) is 2. The number of benzene rings is 1. The number of imidazole rings is 1. The summed E-state index contributed by atoms with van der Waals surface area (Å²) in [5.74, 6) is 1.20. The number of amides is 1. The second kappa shape index (κ2) is 8.39. The summed E-state index contributed by atoms with van der Waals surface area (Å²) in [7, 11) is 0. The molecule has 2 N–H and O–H groups in total. The second-order valence-electron chi connectivity index (χ2n) is 6.59. The highest BCUT2D eigenvalue weighted by molar-refractivity contribution is 6.35. The van der Waals surface area contributed by atoms with Crippen LogP contribution in [0.3, 0.4) is 0 Å². The summed E-state index contributed by atoms with van der Waals surface area (Å²) < 4.78 is 5.69. The van der Waals surface area contributed by atoms with Crippen LogP contribution in [0.25, 0.3) is 11.0 Å². The lowest BCUT2D eigenvalue weighted by Crippen LogP contribution is -2.26. The monoisotopic (exact) mass is 386 g/mol. The molecular formula is C20H23ClN4O2. The van der Waals surface area contributed by atoms with Gasteiger partial charge >= 0.3 is 0 Å². The van der Waals surface area contributed by atoms with Gasteiger partial charge in [-0.05, 0) is 57.0 Å². The largest absolute Gasteiger partial charge is 0.477 e. The number of aliphatic imine (C=N–C) groups is 1. The van der Waals surface area contributed by atoms with E-state index in [4.69, 9.17) is 16.3 Å². The molecule has 0 bridgehead atoms. The topological polar surface area (TPSA) is 79.4 Å². The van der Waals surface area contributed by atoms with E-state index < -0.39 is 0 Å². The summed E-state index contributed by atoms with van der Waals surface area (Å²) in [5, 5.41) is 3.16. The molecule has 0 radical (unpaired) electrons. The number of aromatic amines is 1. The van der Waals surface area contributed by atoms with Gasteiger partial charge in [-0.15, -0.1) is 0 Å². The second-order valence-corrected chi connectivity index (χ2v) is 6.99. The van der Waals surface area contributed by atoms with Crippen LogP contribution in [0.15, 0.2) is 45.8 Å². The van der Waals surface area contributed by atoms with Gasteiger partial charge in [0.25, 0.3) is 5.91 Å². The van der Waals surface area contributed by atoms with E-state index in [9.17, 15) is 4.79 Å². The average molecular weight is 387 g/mol. The van der Waals surface area contributed by atoms with Crippen LogP contribution in [-0.4, -0.2) is 29.2 Å². The van der Waals surface area contributed by atoms with Crippen molar-refractivity contribution in [3.05, 3.63) is 52.2 Å². The summed E-state index contributed by atoms with van der Waals surface area (Å²) in [6, 6.07) is 5.82. The number of carbonyl (C=O) groups excluding carboxylic acids is 1. The number of aryl methyl sites for hydroxylation is 1. The molecule has 1 amide bonds. The van der Waals surface area contributed by atoms with E-state index in [2.05, 4.69) is 27.0 Å². The molecule has 1 aromatic heterocycles. The number of H-pyrrole nitrogens is 1. The molecule has 7 heteroatoms. The molecule has 1 saturated carbocycles.